The third-order valence-corrected chi connectivity index (χ3v) is 5.54. The van der Waals surface area contributed by atoms with Gasteiger partial charge in [-0.05, 0) is 17.4 Å². The number of nitrogens with one attached hydrogen (secondary N) is 2. The number of benzene rings is 1. The number of amides is 3. The van der Waals surface area contributed by atoms with Gasteiger partial charge in [0.15, 0.2) is 23.1 Å². The summed E-state index contributed by atoms with van der Waals surface area (Å²) in [5.74, 6) is 0.476. The van der Waals surface area contributed by atoms with Crippen molar-refractivity contribution in [1.29, 1.82) is 0 Å². The maximum atomic E-state index is 13.1. The summed E-state index contributed by atoms with van der Waals surface area (Å²) in [6, 6.07) is 6.18. The standard InChI is InChI=1S/C21H26B3F2N9O3/c1-33-10-27-18(32-33)11-4-3-5-12(17(11)38-2)28-13-8-15(30-31-16(13)19(36)29-21(22,23)24)35-7-6-34(20(35)37)9-14(25)26/h3-5,8,10,14H,6-7,9,22-24H2,1-2H3,(H,28,30)(H,29,36). The molecule has 0 aliphatic carbocycles. The quantitative estimate of drug-likeness (QED) is 0.334. The monoisotopic (exact) mass is 523 g/mol. The molecule has 1 fully saturated rings. The molecule has 38 heavy (non-hydrogen) atoms. The SMILES string of the molecule is BC(B)(B)NC(=O)c1nnc(N2CCN(CC(F)F)C2=O)cc1Nc1cccc(-c2ncn(C)n2)c1OC. The summed E-state index contributed by atoms with van der Waals surface area (Å²) in [6.07, 6.45) is -1.09. The normalized spacial score (nSPS) is 13.8. The van der Waals surface area contributed by atoms with E-state index >= 15 is 0 Å². The van der Waals surface area contributed by atoms with E-state index in [2.05, 4.69) is 30.9 Å². The van der Waals surface area contributed by atoms with Gasteiger partial charge in [-0.25, -0.2) is 18.6 Å². The first-order chi connectivity index (χ1) is 18.0. The highest BCUT2D eigenvalue weighted by molar-refractivity contribution is 6.60. The lowest BCUT2D eigenvalue weighted by Gasteiger charge is -2.22. The Bertz CT molecular complexity index is 1350. The zero-order valence-corrected chi connectivity index (χ0v) is 21.7. The third kappa shape index (κ3) is 5.87. The molecule has 1 aliphatic rings. The highest BCUT2D eigenvalue weighted by Crippen LogP contribution is 2.37. The number of ether oxygens (including phenoxy) is 1. The van der Waals surface area contributed by atoms with E-state index in [9.17, 15) is 18.4 Å². The van der Waals surface area contributed by atoms with E-state index in [0.717, 1.165) is 4.90 Å². The van der Waals surface area contributed by atoms with Crippen molar-refractivity contribution < 1.29 is 23.1 Å². The van der Waals surface area contributed by atoms with Crippen LogP contribution in [0.25, 0.3) is 11.4 Å². The molecule has 1 aromatic carbocycles. The first kappa shape index (κ1) is 26.9. The Hall–Kier alpha value is -4.17. The predicted molar refractivity (Wildman–Crippen MR) is 144 cm³/mol. The van der Waals surface area contributed by atoms with Crippen LogP contribution in [0.5, 0.6) is 5.75 Å². The molecule has 1 saturated heterocycles. The average Bonchev–Trinajstić information content (AvgIpc) is 3.43. The number of carbonyl (C=O) groups is 2. The number of aromatic nitrogens is 5. The van der Waals surface area contributed by atoms with E-state index in [-0.39, 0.29) is 30.3 Å². The molecule has 12 nitrogen and oxygen atoms in total. The molecule has 0 unspecified atom stereocenters. The van der Waals surface area contributed by atoms with Gasteiger partial charge in [0.2, 0.25) is 0 Å². The minimum Gasteiger partial charge on any atom is -0.494 e. The molecule has 0 atom stereocenters. The number of methoxy groups -OCH3 is 1. The minimum absolute atomic E-state index is 0.0248. The number of nitrogens with zero attached hydrogens (tertiary/aromatic N) is 7. The molecule has 2 aromatic heterocycles. The number of urea groups is 1. The number of hydrogen-bond acceptors (Lipinski definition) is 8. The average molecular weight is 523 g/mol. The summed E-state index contributed by atoms with van der Waals surface area (Å²) in [5, 5.41) is 18.0. The lowest BCUT2D eigenvalue weighted by molar-refractivity contribution is 0.0947. The number of alkyl halides is 2. The van der Waals surface area contributed by atoms with Crippen molar-refractivity contribution in [1.82, 2.24) is 35.2 Å². The highest BCUT2D eigenvalue weighted by Gasteiger charge is 2.33. The van der Waals surface area contributed by atoms with Crippen LogP contribution in [0.2, 0.25) is 0 Å². The van der Waals surface area contributed by atoms with Crippen LogP contribution in [0, 0.1) is 0 Å². The Morgan fingerprint density at radius 1 is 1.21 bits per heavy atom. The summed E-state index contributed by atoms with van der Waals surface area (Å²) in [5.41, 5.74) is 1.30. The number of para-hydroxylation sites is 1. The molecular weight excluding hydrogens is 497 g/mol. The molecule has 4 rings (SSSR count). The molecule has 196 valence electrons. The zero-order valence-electron chi connectivity index (χ0n) is 21.7. The number of halogens is 2. The van der Waals surface area contributed by atoms with Crippen LogP contribution in [0.15, 0.2) is 30.6 Å². The second kappa shape index (κ2) is 10.7. The predicted octanol–water partition coefficient (Wildman–Crippen LogP) is -1.23. The van der Waals surface area contributed by atoms with Gasteiger partial charge in [-0.15, -0.1) is 10.2 Å². The second-order valence-corrected chi connectivity index (χ2v) is 9.69. The Labute approximate surface area is 220 Å². The van der Waals surface area contributed by atoms with E-state index in [1.54, 1.807) is 36.3 Å². The highest BCUT2D eigenvalue weighted by atomic mass is 19.3. The van der Waals surface area contributed by atoms with E-state index in [1.807, 2.05) is 23.5 Å². The van der Waals surface area contributed by atoms with E-state index in [0.29, 0.717) is 22.8 Å². The third-order valence-electron chi connectivity index (χ3n) is 5.54. The number of anilines is 3. The first-order valence-corrected chi connectivity index (χ1v) is 11.8. The summed E-state index contributed by atoms with van der Waals surface area (Å²) < 4.78 is 33.0. The summed E-state index contributed by atoms with van der Waals surface area (Å²) in [7, 11) is 8.72. The first-order valence-electron chi connectivity index (χ1n) is 11.8. The number of carbonyl (C=O) groups excluding carboxylic acids is 2. The maximum absolute atomic E-state index is 13.1. The molecule has 0 spiro atoms. The molecule has 2 N–H and O–H groups in total. The van der Waals surface area contributed by atoms with Gasteiger partial charge >= 0.3 is 6.03 Å². The van der Waals surface area contributed by atoms with E-state index in [4.69, 9.17) is 4.74 Å². The smallest absolute Gasteiger partial charge is 0.326 e. The molecule has 3 amide bonds. The lowest BCUT2D eigenvalue weighted by Crippen LogP contribution is -2.50. The van der Waals surface area contributed by atoms with Crippen LogP contribution in [0.4, 0.5) is 30.8 Å². The van der Waals surface area contributed by atoms with Crippen molar-refractivity contribution in [3.05, 3.63) is 36.3 Å². The molecule has 17 heteroatoms. The van der Waals surface area contributed by atoms with Crippen molar-refractivity contribution in [3.63, 3.8) is 0 Å². The second-order valence-electron chi connectivity index (χ2n) is 9.69. The molecule has 3 heterocycles. The van der Waals surface area contributed by atoms with Gasteiger partial charge in [-0.3, -0.25) is 14.4 Å². The maximum Gasteiger partial charge on any atom is 0.326 e. The van der Waals surface area contributed by atoms with Crippen molar-refractivity contribution >= 4 is 52.7 Å². The summed E-state index contributed by atoms with van der Waals surface area (Å²) in [4.78, 5) is 32.4. The Morgan fingerprint density at radius 3 is 2.61 bits per heavy atom. The van der Waals surface area contributed by atoms with Gasteiger partial charge in [0.05, 0.1) is 30.6 Å². The van der Waals surface area contributed by atoms with Crippen molar-refractivity contribution in [2.75, 3.05) is 37.0 Å². The van der Waals surface area contributed by atoms with Crippen LogP contribution in [0.1, 0.15) is 10.5 Å². The van der Waals surface area contributed by atoms with Crippen molar-refractivity contribution in [2.24, 2.45) is 7.05 Å². The van der Waals surface area contributed by atoms with Gasteiger partial charge < -0.3 is 20.3 Å². The lowest BCUT2D eigenvalue weighted by atomic mass is 9.49. The molecular formula is C21H26B3F2N9O3. The minimum atomic E-state index is -2.65. The van der Waals surface area contributed by atoms with Gasteiger partial charge in [0.1, 0.15) is 29.9 Å². The van der Waals surface area contributed by atoms with Crippen LogP contribution >= 0.6 is 0 Å². The van der Waals surface area contributed by atoms with Crippen LogP contribution in [0.3, 0.4) is 0 Å². The molecule has 3 aromatic rings. The van der Waals surface area contributed by atoms with Crippen LogP contribution < -0.4 is 20.3 Å². The van der Waals surface area contributed by atoms with Gasteiger partial charge in [-0.1, -0.05) is 6.07 Å². The Kier molecular flexibility index (Phi) is 7.55. The van der Waals surface area contributed by atoms with Crippen molar-refractivity contribution in [2.45, 2.75) is 11.7 Å². The van der Waals surface area contributed by atoms with E-state index in [1.165, 1.54) is 18.1 Å². The molecule has 0 saturated carbocycles. The molecule has 1 aliphatic heterocycles. The summed E-state index contributed by atoms with van der Waals surface area (Å²) in [6.45, 7) is -0.407. The fourth-order valence-corrected chi connectivity index (χ4v) is 3.95. The molecule has 0 radical (unpaired) electrons. The van der Waals surface area contributed by atoms with Gasteiger partial charge in [-0.2, -0.15) is 5.10 Å². The van der Waals surface area contributed by atoms with Gasteiger partial charge in [0, 0.05) is 26.2 Å². The largest absolute Gasteiger partial charge is 0.494 e. The number of aryl methyl sites for hydroxylation is 1. The van der Waals surface area contributed by atoms with E-state index < -0.39 is 30.1 Å². The zero-order chi connectivity index (χ0) is 27.6. The summed E-state index contributed by atoms with van der Waals surface area (Å²) >= 11 is 0. The molecule has 0 bridgehead atoms. The Morgan fingerprint density at radius 2 is 1.97 bits per heavy atom. The fourth-order valence-electron chi connectivity index (χ4n) is 3.95. The number of hydrogen-bond donors (Lipinski definition) is 2. The van der Waals surface area contributed by atoms with Crippen LogP contribution in [-0.4, -0.2) is 104 Å². The Balaban J connectivity index is 1.74. The van der Waals surface area contributed by atoms with Crippen molar-refractivity contribution in [3.8, 4) is 17.1 Å². The fraction of sp³-hybridized carbons (Fsp3) is 0.333. The van der Waals surface area contributed by atoms with Gasteiger partial charge in [0.25, 0.3) is 12.3 Å². The topological polar surface area (TPSA) is 130 Å². The van der Waals surface area contributed by atoms with Crippen LogP contribution in [-0.2, 0) is 7.05 Å². The number of rotatable bonds is 9.